The van der Waals surface area contributed by atoms with Gasteiger partial charge in [-0.05, 0) is 40.8 Å². The van der Waals surface area contributed by atoms with Crippen molar-refractivity contribution < 1.29 is 19.4 Å². The number of rotatable bonds is 4. The van der Waals surface area contributed by atoms with Crippen LogP contribution in [0.25, 0.3) is 0 Å². The number of hydrogen-bond donors (Lipinski definition) is 2. The fraction of sp³-hybridized carbons (Fsp3) is 0.385. The molecule has 2 N–H and O–H groups in total. The van der Waals surface area contributed by atoms with E-state index in [-0.39, 0.29) is 19.1 Å². The van der Waals surface area contributed by atoms with Gasteiger partial charge in [-0.3, -0.25) is 14.5 Å². The molecule has 1 fully saturated rings. The first-order valence-corrected chi connectivity index (χ1v) is 7.24. The summed E-state index contributed by atoms with van der Waals surface area (Å²) in [6, 6.07) is 6.68. The highest BCUT2D eigenvalue weighted by atomic mass is 127. The minimum atomic E-state index is -0.966. The molecule has 1 aromatic carbocycles. The summed E-state index contributed by atoms with van der Waals surface area (Å²) in [6.45, 7) is 1.05. The number of nitrogens with one attached hydrogen (secondary N) is 1. The van der Waals surface area contributed by atoms with Gasteiger partial charge in [-0.25, -0.2) is 0 Å². The first kappa shape index (κ1) is 15.2. The quantitative estimate of drug-likeness (QED) is 0.751. The molecular formula is C13H15IN2O4. The maximum atomic E-state index is 12.0. The molecule has 20 heavy (non-hydrogen) atoms. The van der Waals surface area contributed by atoms with Gasteiger partial charge >= 0.3 is 5.97 Å². The third-order valence-electron chi connectivity index (χ3n) is 2.98. The molecular weight excluding hydrogens is 375 g/mol. The fourth-order valence-electron chi connectivity index (χ4n) is 2.01. The van der Waals surface area contributed by atoms with E-state index >= 15 is 0 Å². The number of morpholine rings is 1. The molecule has 1 aliphatic rings. The van der Waals surface area contributed by atoms with Crippen LogP contribution in [0.2, 0.25) is 0 Å². The Morgan fingerprint density at radius 1 is 1.50 bits per heavy atom. The molecule has 1 saturated heterocycles. The van der Waals surface area contributed by atoms with Crippen LogP contribution >= 0.6 is 22.6 Å². The highest BCUT2D eigenvalue weighted by Crippen LogP contribution is 2.13. The van der Waals surface area contributed by atoms with Crippen molar-refractivity contribution in [2.24, 2.45) is 0 Å². The number of carboxylic acids is 1. The Labute approximate surface area is 130 Å². The van der Waals surface area contributed by atoms with Gasteiger partial charge in [-0.15, -0.1) is 0 Å². The second kappa shape index (κ2) is 7.00. The lowest BCUT2D eigenvalue weighted by Gasteiger charge is -2.32. The number of halogens is 1. The molecule has 1 amide bonds. The summed E-state index contributed by atoms with van der Waals surface area (Å²) in [5, 5.41) is 11.9. The monoisotopic (exact) mass is 390 g/mol. The normalized spacial score (nSPS) is 19.6. The Kier molecular flexibility index (Phi) is 5.32. The number of ether oxygens (including phenoxy) is 1. The lowest BCUT2D eigenvalue weighted by molar-refractivity contribution is -0.150. The van der Waals surface area contributed by atoms with Crippen molar-refractivity contribution in [2.75, 3.05) is 31.6 Å². The number of nitrogens with zero attached hydrogens (tertiary/aromatic N) is 1. The van der Waals surface area contributed by atoms with Crippen molar-refractivity contribution in [2.45, 2.75) is 6.04 Å². The van der Waals surface area contributed by atoms with Crippen LogP contribution in [-0.4, -0.2) is 54.2 Å². The standard InChI is InChI=1S/C13H15IN2O4/c14-9-2-1-3-10(6-9)15-12(17)7-16-4-5-20-8-11(16)13(18)19/h1-3,6,11H,4-5,7-8H2,(H,15,17)(H,18,19). The first-order valence-electron chi connectivity index (χ1n) is 6.16. The molecule has 0 spiro atoms. The van der Waals surface area contributed by atoms with Gasteiger partial charge in [0.05, 0.1) is 19.8 Å². The number of carbonyl (C=O) groups is 2. The van der Waals surface area contributed by atoms with Gasteiger partial charge in [0.1, 0.15) is 6.04 Å². The topological polar surface area (TPSA) is 78.9 Å². The first-order chi connectivity index (χ1) is 9.56. The molecule has 0 aromatic heterocycles. The van der Waals surface area contributed by atoms with Crippen LogP contribution in [0.3, 0.4) is 0 Å². The van der Waals surface area contributed by atoms with Crippen LogP contribution in [0, 0.1) is 3.57 Å². The van der Waals surface area contributed by atoms with E-state index in [9.17, 15) is 9.59 Å². The zero-order valence-electron chi connectivity index (χ0n) is 10.7. The van der Waals surface area contributed by atoms with Gasteiger partial charge in [0.2, 0.25) is 5.91 Å². The second-order valence-corrected chi connectivity index (χ2v) is 5.70. The largest absolute Gasteiger partial charge is 0.480 e. The van der Waals surface area contributed by atoms with Crippen LogP contribution < -0.4 is 5.32 Å². The van der Waals surface area contributed by atoms with E-state index < -0.39 is 12.0 Å². The Morgan fingerprint density at radius 2 is 2.30 bits per heavy atom. The Bertz CT molecular complexity index is 509. The minimum Gasteiger partial charge on any atom is -0.480 e. The van der Waals surface area contributed by atoms with Crippen molar-refractivity contribution >= 4 is 40.2 Å². The zero-order chi connectivity index (χ0) is 14.5. The Balaban J connectivity index is 1.94. The highest BCUT2D eigenvalue weighted by Gasteiger charge is 2.30. The number of amides is 1. The number of anilines is 1. The van der Waals surface area contributed by atoms with E-state index in [1.807, 2.05) is 18.2 Å². The third-order valence-corrected chi connectivity index (χ3v) is 3.65. The molecule has 108 valence electrons. The van der Waals surface area contributed by atoms with Crippen LogP contribution in [0.15, 0.2) is 24.3 Å². The lowest BCUT2D eigenvalue weighted by atomic mass is 10.2. The Hall–Kier alpha value is -1.19. The van der Waals surface area contributed by atoms with Gasteiger partial charge < -0.3 is 15.2 Å². The summed E-state index contributed by atoms with van der Waals surface area (Å²) in [5.74, 6) is -1.19. The minimum absolute atomic E-state index is 0.0474. The molecule has 1 unspecified atom stereocenters. The van der Waals surface area contributed by atoms with E-state index in [0.717, 1.165) is 3.57 Å². The van der Waals surface area contributed by atoms with E-state index in [0.29, 0.717) is 18.8 Å². The smallest absolute Gasteiger partial charge is 0.323 e. The second-order valence-electron chi connectivity index (χ2n) is 4.46. The van der Waals surface area contributed by atoms with Crippen molar-refractivity contribution in [3.63, 3.8) is 0 Å². The van der Waals surface area contributed by atoms with Gasteiger partial charge in [-0.2, -0.15) is 0 Å². The summed E-state index contributed by atoms with van der Waals surface area (Å²) in [6.07, 6.45) is 0. The lowest BCUT2D eigenvalue weighted by Crippen LogP contribution is -2.52. The fourth-order valence-corrected chi connectivity index (χ4v) is 2.55. The number of aliphatic carboxylic acids is 1. The predicted molar refractivity (Wildman–Crippen MR) is 81.6 cm³/mol. The molecule has 0 radical (unpaired) electrons. The molecule has 0 saturated carbocycles. The average molecular weight is 390 g/mol. The molecule has 0 aliphatic carbocycles. The zero-order valence-corrected chi connectivity index (χ0v) is 12.9. The molecule has 1 atom stereocenters. The maximum absolute atomic E-state index is 12.0. The third kappa shape index (κ3) is 4.15. The van der Waals surface area contributed by atoms with Crippen LogP contribution in [0.5, 0.6) is 0 Å². The van der Waals surface area contributed by atoms with Gasteiger partial charge in [0, 0.05) is 15.8 Å². The summed E-state index contributed by atoms with van der Waals surface area (Å²) in [7, 11) is 0. The van der Waals surface area contributed by atoms with Crippen molar-refractivity contribution in [1.29, 1.82) is 0 Å². The number of hydrogen-bond acceptors (Lipinski definition) is 4. The summed E-state index contributed by atoms with van der Waals surface area (Å²) in [4.78, 5) is 24.7. The molecule has 7 heteroatoms. The van der Waals surface area contributed by atoms with Crippen molar-refractivity contribution in [1.82, 2.24) is 4.90 Å². The Morgan fingerprint density at radius 3 is 3.00 bits per heavy atom. The molecule has 1 heterocycles. The average Bonchev–Trinajstić information content (AvgIpc) is 2.38. The highest BCUT2D eigenvalue weighted by molar-refractivity contribution is 14.1. The van der Waals surface area contributed by atoms with Crippen LogP contribution in [0.1, 0.15) is 0 Å². The summed E-state index contributed by atoms with van der Waals surface area (Å²) >= 11 is 2.16. The summed E-state index contributed by atoms with van der Waals surface area (Å²) < 4.78 is 6.16. The molecule has 0 bridgehead atoms. The van der Waals surface area contributed by atoms with Crippen LogP contribution in [0.4, 0.5) is 5.69 Å². The number of benzene rings is 1. The van der Waals surface area contributed by atoms with Crippen molar-refractivity contribution in [3.8, 4) is 0 Å². The van der Waals surface area contributed by atoms with Gasteiger partial charge in [0.15, 0.2) is 0 Å². The SMILES string of the molecule is O=C(CN1CCOCC1C(=O)O)Nc1cccc(I)c1. The summed E-state index contributed by atoms with van der Waals surface area (Å²) in [5.41, 5.74) is 0.710. The molecule has 6 nitrogen and oxygen atoms in total. The molecule has 2 rings (SSSR count). The van der Waals surface area contributed by atoms with Gasteiger partial charge in [-0.1, -0.05) is 6.07 Å². The van der Waals surface area contributed by atoms with E-state index in [4.69, 9.17) is 9.84 Å². The number of carboxylic acid groups (broad SMARTS) is 1. The molecule has 1 aliphatic heterocycles. The van der Waals surface area contributed by atoms with Crippen molar-refractivity contribution in [3.05, 3.63) is 27.8 Å². The van der Waals surface area contributed by atoms with Crippen LogP contribution in [-0.2, 0) is 14.3 Å². The number of carbonyl (C=O) groups excluding carboxylic acids is 1. The maximum Gasteiger partial charge on any atom is 0.323 e. The van der Waals surface area contributed by atoms with E-state index in [1.165, 1.54) is 0 Å². The van der Waals surface area contributed by atoms with Gasteiger partial charge in [0.25, 0.3) is 0 Å². The van der Waals surface area contributed by atoms with E-state index in [1.54, 1.807) is 11.0 Å². The van der Waals surface area contributed by atoms with E-state index in [2.05, 4.69) is 27.9 Å². The molecule has 1 aromatic rings. The predicted octanol–water partition coefficient (Wildman–Crippen LogP) is 1.02.